The molecule has 1 aromatic heterocycles. The van der Waals surface area contributed by atoms with E-state index >= 15 is 0 Å². The Morgan fingerprint density at radius 3 is 2.75 bits per heavy atom. The second-order valence-electron chi connectivity index (χ2n) is 4.61. The van der Waals surface area contributed by atoms with Gasteiger partial charge in [-0.3, -0.25) is 4.98 Å². The summed E-state index contributed by atoms with van der Waals surface area (Å²) in [6, 6.07) is 13.0. The van der Waals surface area contributed by atoms with Crippen LogP contribution in [0.4, 0.5) is 5.69 Å². The Bertz CT molecular complexity index is 787. The maximum Gasteiger partial charge on any atom is 0.150 e. The number of aryl methyl sites for hydroxylation is 1. The van der Waals surface area contributed by atoms with Crippen LogP contribution in [-0.2, 0) is 0 Å². The first-order valence-corrected chi connectivity index (χ1v) is 6.59. The van der Waals surface area contributed by atoms with Gasteiger partial charge in [-0.2, -0.15) is 0 Å². The minimum atomic E-state index is 0.606. The molecule has 0 amide bonds. The smallest absolute Gasteiger partial charge is 0.150 e. The highest BCUT2D eigenvalue weighted by Gasteiger charge is 2.07. The number of benzene rings is 2. The SMILES string of the molecule is Cc1ccc(N)c(Oc2ccnc3cc(Cl)ccc23)c1. The normalized spacial score (nSPS) is 10.7. The van der Waals surface area contributed by atoms with Gasteiger partial charge in [0, 0.05) is 16.6 Å². The van der Waals surface area contributed by atoms with Crippen LogP contribution in [0.5, 0.6) is 11.5 Å². The van der Waals surface area contributed by atoms with Crippen molar-refractivity contribution < 1.29 is 4.74 Å². The van der Waals surface area contributed by atoms with E-state index in [0.717, 1.165) is 16.5 Å². The molecule has 3 aromatic rings. The number of nitrogens with two attached hydrogens (primary N) is 1. The molecule has 20 heavy (non-hydrogen) atoms. The lowest BCUT2D eigenvalue weighted by Crippen LogP contribution is -1.93. The maximum atomic E-state index is 5.98. The molecule has 0 aliphatic carbocycles. The highest BCUT2D eigenvalue weighted by molar-refractivity contribution is 6.31. The molecular formula is C16H13ClN2O. The molecular weight excluding hydrogens is 272 g/mol. The van der Waals surface area contributed by atoms with Crippen molar-refractivity contribution in [1.29, 1.82) is 0 Å². The number of nitrogens with zero attached hydrogens (tertiary/aromatic N) is 1. The van der Waals surface area contributed by atoms with E-state index in [0.29, 0.717) is 22.2 Å². The lowest BCUT2D eigenvalue weighted by molar-refractivity contribution is 0.490. The molecule has 1 heterocycles. The molecule has 3 nitrogen and oxygen atoms in total. The Kier molecular flexibility index (Phi) is 3.20. The zero-order valence-corrected chi connectivity index (χ0v) is 11.7. The third kappa shape index (κ3) is 2.40. The van der Waals surface area contributed by atoms with Crippen LogP contribution in [0.15, 0.2) is 48.7 Å². The number of aromatic nitrogens is 1. The fourth-order valence-electron chi connectivity index (χ4n) is 2.03. The van der Waals surface area contributed by atoms with Crippen molar-refractivity contribution in [2.75, 3.05) is 5.73 Å². The minimum Gasteiger partial charge on any atom is -0.454 e. The van der Waals surface area contributed by atoms with E-state index in [-0.39, 0.29) is 0 Å². The van der Waals surface area contributed by atoms with Gasteiger partial charge in [0.05, 0.1) is 11.2 Å². The molecule has 0 aliphatic rings. The van der Waals surface area contributed by atoms with E-state index in [2.05, 4.69) is 4.98 Å². The average molecular weight is 285 g/mol. The van der Waals surface area contributed by atoms with Crippen molar-refractivity contribution in [3.8, 4) is 11.5 Å². The maximum absolute atomic E-state index is 5.98. The van der Waals surface area contributed by atoms with Gasteiger partial charge in [0.2, 0.25) is 0 Å². The van der Waals surface area contributed by atoms with Gasteiger partial charge in [-0.15, -0.1) is 0 Å². The third-order valence-electron chi connectivity index (χ3n) is 3.05. The molecule has 0 radical (unpaired) electrons. The lowest BCUT2D eigenvalue weighted by atomic mass is 10.2. The largest absolute Gasteiger partial charge is 0.454 e. The summed E-state index contributed by atoms with van der Waals surface area (Å²) in [5.74, 6) is 1.36. The van der Waals surface area contributed by atoms with Crippen molar-refractivity contribution in [1.82, 2.24) is 4.98 Å². The van der Waals surface area contributed by atoms with Crippen LogP contribution in [0.25, 0.3) is 10.9 Å². The van der Waals surface area contributed by atoms with Gasteiger partial charge < -0.3 is 10.5 Å². The van der Waals surface area contributed by atoms with Gasteiger partial charge >= 0.3 is 0 Å². The molecule has 100 valence electrons. The van der Waals surface area contributed by atoms with Crippen molar-refractivity contribution in [3.63, 3.8) is 0 Å². The fourth-order valence-corrected chi connectivity index (χ4v) is 2.20. The molecule has 0 fully saturated rings. The van der Waals surface area contributed by atoms with Crippen LogP contribution in [0.3, 0.4) is 0 Å². The van der Waals surface area contributed by atoms with Crippen molar-refractivity contribution in [2.24, 2.45) is 0 Å². The summed E-state index contributed by atoms with van der Waals surface area (Å²) < 4.78 is 5.94. The fraction of sp³-hybridized carbons (Fsp3) is 0.0625. The number of anilines is 1. The van der Waals surface area contributed by atoms with Gasteiger partial charge in [-0.25, -0.2) is 0 Å². The first-order valence-electron chi connectivity index (χ1n) is 6.22. The number of nitrogen functional groups attached to an aromatic ring is 1. The third-order valence-corrected chi connectivity index (χ3v) is 3.29. The van der Waals surface area contributed by atoms with Crippen LogP contribution in [-0.4, -0.2) is 4.98 Å². The molecule has 0 spiro atoms. The standard InChI is InChI=1S/C16H13ClN2O/c1-10-2-5-13(18)16(8-10)20-15-6-7-19-14-9-11(17)3-4-12(14)15/h2-9H,18H2,1H3. The summed E-state index contributed by atoms with van der Waals surface area (Å²) >= 11 is 5.98. The quantitative estimate of drug-likeness (QED) is 0.701. The Morgan fingerprint density at radius 1 is 1.05 bits per heavy atom. The Morgan fingerprint density at radius 2 is 1.90 bits per heavy atom. The molecule has 0 saturated carbocycles. The summed E-state index contributed by atoms with van der Waals surface area (Å²) in [6.45, 7) is 2.00. The van der Waals surface area contributed by atoms with E-state index in [9.17, 15) is 0 Å². The summed E-state index contributed by atoms with van der Waals surface area (Å²) in [7, 11) is 0. The molecule has 0 bridgehead atoms. The Labute approximate surface area is 122 Å². The molecule has 0 saturated heterocycles. The van der Waals surface area contributed by atoms with Gasteiger partial charge in [0.1, 0.15) is 5.75 Å². The highest BCUT2D eigenvalue weighted by atomic mass is 35.5. The second kappa shape index (κ2) is 5.02. The molecule has 4 heteroatoms. The Hall–Kier alpha value is -2.26. The van der Waals surface area contributed by atoms with E-state index in [1.807, 2.05) is 49.4 Å². The van der Waals surface area contributed by atoms with E-state index in [1.54, 1.807) is 6.20 Å². The van der Waals surface area contributed by atoms with Crippen LogP contribution in [0.2, 0.25) is 5.02 Å². The van der Waals surface area contributed by atoms with Crippen molar-refractivity contribution in [3.05, 3.63) is 59.2 Å². The van der Waals surface area contributed by atoms with E-state index in [4.69, 9.17) is 22.1 Å². The predicted octanol–water partition coefficient (Wildman–Crippen LogP) is 4.57. The Balaban J connectivity index is 2.09. The number of fused-ring (bicyclic) bond motifs is 1. The number of pyridine rings is 1. The highest BCUT2D eigenvalue weighted by Crippen LogP contribution is 2.33. The molecule has 0 atom stereocenters. The molecule has 2 N–H and O–H groups in total. The summed E-state index contributed by atoms with van der Waals surface area (Å²) in [5.41, 5.74) is 8.44. The molecule has 3 rings (SSSR count). The van der Waals surface area contributed by atoms with Gasteiger partial charge in [0.15, 0.2) is 5.75 Å². The van der Waals surface area contributed by atoms with Crippen LogP contribution in [0.1, 0.15) is 5.56 Å². The topological polar surface area (TPSA) is 48.1 Å². The molecule has 0 unspecified atom stereocenters. The zero-order chi connectivity index (χ0) is 14.1. The van der Waals surface area contributed by atoms with Gasteiger partial charge in [-0.05, 0) is 48.9 Å². The predicted molar refractivity (Wildman–Crippen MR) is 82.4 cm³/mol. The number of hydrogen-bond donors (Lipinski definition) is 1. The van der Waals surface area contributed by atoms with Crippen molar-refractivity contribution >= 4 is 28.2 Å². The molecule has 2 aromatic carbocycles. The van der Waals surface area contributed by atoms with Gasteiger partial charge in [-0.1, -0.05) is 17.7 Å². The van der Waals surface area contributed by atoms with E-state index < -0.39 is 0 Å². The van der Waals surface area contributed by atoms with E-state index in [1.165, 1.54) is 0 Å². The summed E-state index contributed by atoms with van der Waals surface area (Å²) in [4.78, 5) is 4.29. The van der Waals surface area contributed by atoms with Crippen LogP contribution in [0, 0.1) is 6.92 Å². The second-order valence-corrected chi connectivity index (χ2v) is 5.05. The van der Waals surface area contributed by atoms with Crippen molar-refractivity contribution in [2.45, 2.75) is 6.92 Å². The monoisotopic (exact) mass is 284 g/mol. The number of ether oxygens (including phenoxy) is 1. The summed E-state index contributed by atoms with van der Waals surface area (Å²) in [5, 5.41) is 1.55. The van der Waals surface area contributed by atoms with Crippen LogP contribution < -0.4 is 10.5 Å². The number of rotatable bonds is 2. The summed E-state index contributed by atoms with van der Waals surface area (Å²) in [6.07, 6.45) is 1.69. The van der Waals surface area contributed by atoms with Crippen LogP contribution >= 0.6 is 11.6 Å². The zero-order valence-electron chi connectivity index (χ0n) is 10.9. The first kappa shape index (κ1) is 12.8. The first-order chi connectivity index (χ1) is 9.63. The molecule has 0 aliphatic heterocycles. The lowest BCUT2D eigenvalue weighted by Gasteiger charge is -2.11. The minimum absolute atomic E-state index is 0.606. The average Bonchev–Trinajstić information content (AvgIpc) is 2.43. The number of hydrogen-bond acceptors (Lipinski definition) is 3. The van der Waals surface area contributed by atoms with Gasteiger partial charge in [0.25, 0.3) is 0 Å². The number of halogens is 1.